The van der Waals surface area contributed by atoms with Gasteiger partial charge in [-0.05, 0) is 0 Å². The van der Waals surface area contributed by atoms with Crippen LogP contribution < -0.4 is 10.6 Å². The minimum Gasteiger partial charge on any atom is -0.756 e. The van der Waals surface area contributed by atoms with Gasteiger partial charge in [0.25, 0.3) is 7.82 Å². The highest BCUT2D eigenvalue weighted by Crippen LogP contribution is 2.58. The molecule has 2 unspecified atom stereocenters. The van der Waals surface area contributed by atoms with Crippen molar-refractivity contribution in [1.82, 2.24) is 4.90 Å². The summed E-state index contributed by atoms with van der Waals surface area (Å²) in [6.07, 6.45) is -5.64. The number of nitrogens with two attached hydrogens (primary N) is 1. The van der Waals surface area contributed by atoms with Crippen molar-refractivity contribution in [2.45, 2.75) is 31.0 Å². The normalized spacial score (nSPS) is 31.3. The van der Waals surface area contributed by atoms with E-state index in [1.165, 1.54) is 0 Å². The van der Waals surface area contributed by atoms with E-state index in [0.29, 0.717) is 4.48 Å². The standard InChI is InChI=1S/C14H28N4O11P2/c1-18(2,3)6-7-26-30(22,23)29-31(24,25)27-8-9-11(19)12(20)13(28-9)17-5-4-10(15)16-14(17)21/h9,11-13,19-20H,4-8H2,1-3H3,(H3-,15,16,21,22,23,24,25)/t9-,11-,12-,13-/m1/s1. The molecule has 6 atom stereocenters. The van der Waals surface area contributed by atoms with Gasteiger partial charge in [0, 0.05) is 13.0 Å². The SMILES string of the molecule is C[N+](C)(C)CCOP(=O)([O-])OP(=O)(O)OC[C@H]1O[C@@H](N2CCC(N)=NC2=O)[C@H](O)[C@@H]1O. The molecule has 0 spiro atoms. The van der Waals surface area contributed by atoms with Crippen molar-refractivity contribution >= 4 is 27.5 Å². The molecule has 0 radical (unpaired) electrons. The summed E-state index contributed by atoms with van der Waals surface area (Å²) in [5.74, 6) is 0.109. The van der Waals surface area contributed by atoms with Gasteiger partial charge in [-0.3, -0.25) is 14.0 Å². The van der Waals surface area contributed by atoms with Crippen molar-refractivity contribution in [3.63, 3.8) is 0 Å². The average molecular weight is 490 g/mol. The van der Waals surface area contributed by atoms with E-state index < -0.39 is 52.8 Å². The van der Waals surface area contributed by atoms with Crippen molar-refractivity contribution in [3.8, 4) is 0 Å². The molecule has 2 rings (SSSR count). The van der Waals surface area contributed by atoms with Crippen LogP contribution in [0.4, 0.5) is 4.79 Å². The number of amidine groups is 1. The molecule has 2 amide bonds. The van der Waals surface area contributed by atoms with Gasteiger partial charge in [-0.2, -0.15) is 4.99 Å². The number of phosphoric ester groups is 2. The summed E-state index contributed by atoms with van der Waals surface area (Å²) in [4.78, 5) is 37.9. The first-order valence-corrected chi connectivity index (χ1v) is 12.2. The third kappa shape index (κ3) is 7.84. The minimum absolute atomic E-state index is 0.0712. The van der Waals surface area contributed by atoms with Gasteiger partial charge < -0.3 is 39.5 Å². The maximum absolute atomic E-state index is 12.0. The fraction of sp³-hybridized carbons (Fsp3) is 0.857. The molecule has 2 heterocycles. The summed E-state index contributed by atoms with van der Waals surface area (Å²) in [6, 6.07) is -0.781. The lowest BCUT2D eigenvalue weighted by Crippen LogP contribution is -2.49. The van der Waals surface area contributed by atoms with Crippen LogP contribution in [0.2, 0.25) is 0 Å². The van der Waals surface area contributed by atoms with Gasteiger partial charge in [0.1, 0.15) is 37.3 Å². The molecule has 180 valence electrons. The zero-order valence-corrected chi connectivity index (χ0v) is 19.1. The molecule has 0 aromatic carbocycles. The lowest BCUT2D eigenvalue weighted by molar-refractivity contribution is -0.870. The number of hydrogen-bond donors (Lipinski definition) is 4. The molecule has 1 fully saturated rings. The van der Waals surface area contributed by atoms with E-state index in [4.69, 9.17) is 10.5 Å². The zero-order chi connectivity index (χ0) is 23.6. The Labute approximate surface area is 178 Å². The van der Waals surface area contributed by atoms with Gasteiger partial charge in [-0.1, -0.05) is 0 Å². The Morgan fingerprint density at radius 1 is 1.29 bits per heavy atom. The molecular formula is C14H28N4O11P2. The van der Waals surface area contributed by atoms with E-state index in [9.17, 15) is 33.9 Å². The fourth-order valence-corrected chi connectivity index (χ4v) is 4.73. The van der Waals surface area contributed by atoms with Crippen LogP contribution in [-0.4, -0.2) is 108 Å². The molecule has 15 nitrogen and oxygen atoms in total. The smallest absolute Gasteiger partial charge is 0.478 e. The van der Waals surface area contributed by atoms with Crippen molar-refractivity contribution in [2.24, 2.45) is 10.7 Å². The monoisotopic (exact) mass is 490 g/mol. The Morgan fingerprint density at radius 2 is 1.94 bits per heavy atom. The predicted octanol–water partition coefficient (Wildman–Crippen LogP) is -2.06. The molecule has 31 heavy (non-hydrogen) atoms. The van der Waals surface area contributed by atoms with Crippen molar-refractivity contribution in [3.05, 3.63) is 0 Å². The summed E-state index contributed by atoms with van der Waals surface area (Å²) in [7, 11) is -4.98. The lowest BCUT2D eigenvalue weighted by atomic mass is 10.1. The predicted molar refractivity (Wildman–Crippen MR) is 102 cm³/mol. The molecule has 0 aliphatic carbocycles. The molecule has 17 heteroatoms. The van der Waals surface area contributed by atoms with Gasteiger partial charge in [0.2, 0.25) is 0 Å². The Kier molecular flexibility index (Phi) is 8.39. The first-order valence-electron chi connectivity index (χ1n) is 9.20. The number of likely N-dealkylation sites (N-methyl/N-ethyl adjacent to an activating group) is 1. The summed E-state index contributed by atoms with van der Waals surface area (Å²) in [6.45, 7) is -0.769. The van der Waals surface area contributed by atoms with E-state index in [1.54, 1.807) is 21.1 Å². The Bertz CT molecular complexity index is 789. The third-order valence-electron chi connectivity index (χ3n) is 4.35. The second-order valence-electron chi connectivity index (χ2n) is 8.02. The molecule has 0 bridgehead atoms. The second kappa shape index (κ2) is 9.89. The highest BCUT2D eigenvalue weighted by molar-refractivity contribution is 7.60. The van der Waals surface area contributed by atoms with Crippen LogP contribution in [0.5, 0.6) is 0 Å². The summed E-state index contributed by atoms with van der Waals surface area (Å²) >= 11 is 0. The number of aliphatic hydroxyl groups excluding tert-OH is 2. The number of aliphatic imine (C=N–C) groups is 1. The molecule has 0 aromatic rings. The number of quaternary nitrogens is 1. The van der Waals surface area contributed by atoms with Crippen LogP contribution in [-0.2, 0) is 27.2 Å². The topological polar surface area (TPSA) is 214 Å². The van der Waals surface area contributed by atoms with Gasteiger partial charge in [-0.25, -0.2) is 13.7 Å². The van der Waals surface area contributed by atoms with Crippen LogP contribution in [0, 0.1) is 0 Å². The number of urea groups is 1. The van der Waals surface area contributed by atoms with Crippen LogP contribution >= 0.6 is 15.6 Å². The molecule has 1 saturated heterocycles. The number of nitrogens with zero attached hydrogens (tertiary/aromatic N) is 3. The molecule has 2 aliphatic rings. The Morgan fingerprint density at radius 3 is 2.52 bits per heavy atom. The number of carbonyl (C=O) groups excluding carboxylic acids is 1. The number of aliphatic hydroxyl groups is 2. The minimum atomic E-state index is -5.17. The van der Waals surface area contributed by atoms with E-state index in [-0.39, 0.29) is 32.0 Å². The van der Waals surface area contributed by atoms with Gasteiger partial charge in [0.05, 0.1) is 27.7 Å². The molecule has 0 aromatic heterocycles. The molecular weight excluding hydrogens is 462 g/mol. The van der Waals surface area contributed by atoms with Crippen molar-refractivity contribution in [2.75, 3.05) is 47.4 Å². The van der Waals surface area contributed by atoms with Crippen molar-refractivity contribution in [1.29, 1.82) is 0 Å². The maximum atomic E-state index is 12.0. The maximum Gasteiger partial charge on any atom is 0.478 e. The summed E-state index contributed by atoms with van der Waals surface area (Å²) in [5, 5.41) is 20.3. The highest BCUT2D eigenvalue weighted by atomic mass is 31.3. The number of phosphoric acid groups is 2. The quantitative estimate of drug-likeness (QED) is 0.192. The third-order valence-corrected chi connectivity index (χ3v) is 6.95. The van der Waals surface area contributed by atoms with Crippen LogP contribution in [0.15, 0.2) is 4.99 Å². The van der Waals surface area contributed by atoms with Crippen LogP contribution in [0.25, 0.3) is 0 Å². The number of rotatable bonds is 10. The summed E-state index contributed by atoms with van der Waals surface area (Å²) < 4.78 is 42.7. The van der Waals surface area contributed by atoms with Gasteiger partial charge in [-0.15, -0.1) is 0 Å². The summed E-state index contributed by atoms with van der Waals surface area (Å²) in [5.41, 5.74) is 5.47. The number of amides is 2. The van der Waals surface area contributed by atoms with E-state index >= 15 is 0 Å². The fourth-order valence-electron chi connectivity index (χ4n) is 2.70. The first-order chi connectivity index (χ1) is 14.1. The number of hydrogen-bond acceptors (Lipinski definition) is 11. The highest BCUT2D eigenvalue weighted by Gasteiger charge is 2.48. The first kappa shape index (κ1) is 26.3. The van der Waals surface area contributed by atoms with E-state index in [0.717, 1.165) is 4.90 Å². The van der Waals surface area contributed by atoms with E-state index in [2.05, 4.69) is 18.4 Å². The van der Waals surface area contributed by atoms with Gasteiger partial charge in [0.15, 0.2) is 6.23 Å². The zero-order valence-electron chi connectivity index (χ0n) is 17.3. The molecule has 0 saturated carbocycles. The van der Waals surface area contributed by atoms with E-state index in [1.807, 2.05) is 0 Å². The Balaban J connectivity index is 1.90. The molecule has 5 N–H and O–H groups in total. The number of ether oxygens (including phenoxy) is 1. The average Bonchev–Trinajstić information content (AvgIpc) is 2.86. The largest absolute Gasteiger partial charge is 0.756 e. The van der Waals surface area contributed by atoms with Gasteiger partial charge >= 0.3 is 13.9 Å². The lowest BCUT2D eigenvalue weighted by Gasteiger charge is -2.31. The second-order valence-corrected chi connectivity index (χ2v) is 11.0. The molecule has 2 aliphatic heterocycles. The van der Waals surface area contributed by atoms with Crippen molar-refractivity contribution < 1.29 is 56.5 Å². The Hall–Kier alpha value is -0.960. The van der Waals surface area contributed by atoms with Crippen LogP contribution in [0.1, 0.15) is 6.42 Å². The van der Waals surface area contributed by atoms with Crippen LogP contribution in [0.3, 0.4) is 0 Å². The number of carbonyl (C=O) groups is 1.